The van der Waals surface area contributed by atoms with Gasteiger partial charge in [-0.15, -0.1) is 22.7 Å². The summed E-state index contributed by atoms with van der Waals surface area (Å²) < 4.78 is 84.3. The van der Waals surface area contributed by atoms with Gasteiger partial charge >= 0.3 is 20.2 Å². The van der Waals surface area contributed by atoms with Crippen LogP contribution in [-0.4, -0.2) is 58.7 Å². The molecule has 12 nitrogen and oxygen atoms in total. The van der Waals surface area contributed by atoms with Gasteiger partial charge in [-0.3, -0.25) is 18.5 Å². The predicted molar refractivity (Wildman–Crippen MR) is 219 cm³/mol. The summed E-state index contributed by atoms with van der Waals surface area (Å²) in [5.41, 5.74) is 11.8. The molecule has 0 spiro atoms. The molecule has 2 N–H and O–H groups in total. The Morgan fingerprint density at radius 1 is 0.632 bits per heavy atom. The van der Waals surface area contributed by atoms with E-state index in [1.54, 1.807) is 12.1 Å². The van der Waals surface area contributed by atoms with Crippen molar-refractivity contribution in [3.05, 3.63) is 117 Å². The van der Waals surface area contributed by atoms with Gasteiger partial charge in [-0.25, -0.2) is 0 Å². The normalized spacial score (nSPS) is 14.1. The topological polar surface area (TPSA) is 163 Å². The van der Waals surface area contributed by atoms with Crippen molar-refractivity contribution in [1.29, 1.82) is 0 Å². The van der Waals surface area contributed by atoms with E-state index in [1.165, 1.54) is 0 Å². The van der Waals surface area contributed by atoms with Gasteiger partial charge < -0.3 is 9.47 Å². The monoisotopic (exact) mass is 848 g/mol. The van der Waals surface area contributed by atoms with Gasteiger partial charge in [0.05, 0.1) is 58.8 Å². The minimum atomic E-state index is -4.34. The van der Waals surface area contributed by atoms with E-state index in [-0.39, 0.29) is 8.42 Å². The maximum absolute atomic E-state index is 12.1. The maximum Gasteiger partial charge on any atom is 0.304 e. The molecule has 6 aromatic rings. The van der Waals surface area contributed by atoms with Crippen LogP contribution in [0.15, 0.2) is 69.1 Å². The number of ether oxygens (including phenoxy) is 2. The first kappa shape index (κ1) is 39.8. The Hall–Kier alpha value is -4.00. The van der Waals surface area contributed by atoms with Gasteiger partial charge in [-0.05, 0) is 93.2 Å². The zero-order valence-electron chi connectivity index (χ0n) is 31.7. The van der Waals surface area contributed by atoms with E-state index >= 15 is 0 Å². The molecule has 0 amide bonds. The lowest BCUT2D eigenvalue weighted by Gasteiger charge is -2.09. The van der Waals surface area contributed by atoms with Crippen molar-refractivity contribution in [2.45, 2.75) is 93.5 Å². The summed E-state index contributed by atoms with van der Waals surface area (Å²) in [5.74, 6) is 0. The average Bonchev–Trinajstić information content (AvgIpc) is 3.89. The summed E-state index contributed by atoms with van der Waals surface area (Å²) in [5, 5.41) is 10.0. The minimum absolute atomic E-state index is 0.0575. The van der Waals surface area contributed by atoms with Gasteiger partial charge in [0.1, 0.15) is 8.42 Å². The predicted octanol–water partition coefficient (Wildman–Crippen LogP) is 7.84. The van der Waals surface area contributed by atoms with Crippen molar-refractivity contribution in [3.63, 3.8) is 0 Å². The molecule has 0 fully saturated rings. The molecule has 0 aliphatic heterocycles. The molecule has 0 radical (unpaired) electrons. The Labute approximate surface area is 340 Å². The maximum atomic E-state index is 12.1. The molecule has 4 heterocycles. The van der Waals surface area contributed by atoms with Crippen LogP contribution in [0.3, 0.4) is 0 Å². The third kappa shape index (κ3) is 8.73. The van der Waals surface area contributed by atoms with Crippen LogP contribution >= 0.6 is 22.7 Å². The molecule has 57 heavy (non-hydrogen) atoms. The zero-order chi connectivity index (χ0) is 39.9. The van der Waals surface area contributed by atoms with Crippen LogP contribution in [0.25, 0.3) is 21.1 Å². The number of aryl methyl sites for hydroxylation is 4. The fourth-order valence-electron chi connectivity index (χ4n) is 7.67. The Morgan fingerprint density at radius 2 is 1.04 bits per heavy atom. The molecule has 16 heteroatoms. The van der Waals surface area contributed by atoms with E-state index in [9.17, 15) is 25.9 Å². The number of nitrogens with zero attached hydrogens (tertiary/aromatic N) is 4. The number of rotatable bonds is 14. The highest BCUT2D eigenvalue weighted by Crippen LogP contribution is 2.43. The summed E-state index contributed by atoms with van der Waals surface area (Å²) in [7, 11) is -8.68. The second-order valence-corrected chi connectivity index (χ2v) is 20.2. The van der Waals surface area contributed by atoms with Crippen molar-refractivity contribution in [3.8, 4) is 21.1 Å². The van der Waals surface area contributed by atoms with Gasteiger partial charge in [-0.2, -0.15) is 27.0 Å². The molecule has 2 aromatic carbocycles. The van der Waals surface area contributed by atoms with E-state index in [2.05, 4.69) is 48.5 Å². The summed E-state index contributed by atoms with van der Waals surface area (Å²) in [6.07, 6.45) is 5.23. The molecule has 0 unspecified atom stereocenters. The summed E-state index contributed by atoms with van der Waals surface area (Å²) in [4.78, 5) is 1.64. The fourth-order valence-corrected chi connectivity index (χ4v) is 11.6. The molecule has 2 aliphatic rings. The Kier molecular flexibility index (Phi) is 11.4. The smallest absolute Gasteiger partial charge is 0.304 e. The second kappa shape index (κ2) is 16.3. The van der Waals surface area contributed by atoms with Gasteiger partial charge in [-0.1, -0.05) is 59.7 Å². The molecule has 8 rings (SSSR count). The first-order chi connectivity index (χ1) is 27.3. The minimum Gasteiger partial charge on any atom is -0.375 e. The number of hydrogen-bond donors (Lipinski definition) is 2. The Morgan fingerprint density at radius 3 is 1.42 bits per heavy atom. The summed E-state index contributed by atoms with van der Waals surface area (Å²) in [6.45, 7) is 6.56. The Bertz CT molecular complexity index is 2460. The molecule has 0 bridgehead atoms. The number of thiophene rings is 2. The van der Waals surface area contributed by atoms with E-state index in [1.807, 2.05) is 23.2 Å². The van der Waals surface area contributed by atoms with Crippen molar-refractivity contribution in [2.24, 2.45) is 0 Å². The highest BCUT2D eigenvalue weighted by molar-refractivity contribution is 7.88. The van der Waals surface area contributed by atoms with E-state index in [4.69, 9.17) is 19.7 Å². The molecule has 300 valence electrons. The molecule has 0 saturated carbocycles. The lowest BCUT2D eigenvalue weighted by molar-refractivity contribution is 0.0666. The molecular weight excluding hydrogens is 805 g/mol. The van der Waals surface area contributed by atoms with Crippen molar-refractivity contribution in [1.82, 2.24) is 19.6 Å². The summed E-state index contributed by atoms with van der Waals surface area (Å²) >= 11 is 2.18. The van der Waals surface area contributed by atoms with Crippen LogP contribution in [0.2, 0.25) is 0 Å². The molecule has 2 aliphatic carbocycles. The van der Waals surface area contributed by atoms with Gasteiger partial charge in [0.25, 0.3) is 0 Å². The molecular formula is C41H44N4O8S4. The first-order valence-electron chi connectivity index (χ1n) is 19.0. The lowest BCUT2D eigenvalue weighted by Crippen LogP contribution is -2.06. The van der Waals surface area contributed by atoms with Crippen molar-refractivity contribution >= 4 is 42.9 Å². The SMILES string of the molecule is Cc1ccc(Cn2nc(COCCCOCc3nn(Cc4ccc(C)cc4)c4c3CCCc3cc(S(=O)(=O)O)sc3-4)c3c2-c2sc(S(=O)(=O)O)cc2CCC3)cc1. The second-order valence-electron chi connectivity index (χ2n) is 14.8. The van der Waals surface area contributed by atoms with Crippen LogP contribution in [0.5, 0.6) is 0 Å². The number of benzene rings is 2. The molecule has 0 atom stereocenters. The van der Waals surface area contributed by atoms with Crippen molar-refractivity contribution in [2.75, 3.05) is 13.2 Å². The highest BCUT2D eigenvalue weighted by Gasteiger charge is 2.30. The molecule has 0 saturated heterocycles. The third-order valence-electron chi connectivity index (χ3n) is 10.5. The van der Waals surface area contributed by atoms with E-state index in [0.717, 1.165) is 125 Å². The van der Waals surface area contributed by atoms with E-state index in [0.29, 0.717) is 58.8 Å². The van der Waals surface area contributed by atoms with Crippen LogP contribution in [-0.2, 0) is 81.7 Å². The largest absolute Gasteiger partial charge is 0.375 e. The molecule has 4 aromatic heterocycles. The van der Waals surface area contributed by atoms with Gasteiger partial charge in [0.15, 0.2) is 0 Å². The first-order valence-corrected chi connectivity index (χ1v) is 23.5. The van der Waals surface area contributed by atoms with Crippen LogP contribution in [0.1, 0.15) is 75.2 Å². The quantitative estimate of drug-likeness (QED) is 0.0816. The zero-order valence-corrected chi connectivity index (χ0v) is 35.0. The van der Waals surface area contributed by atoms with Crippen molar-refractivity contribution < 1.29 is 35.4 Å². The van der Waals surface area contributed by atoms with Crippen LogP contribution < -0.4 is 0 Å². The highest BCUT2D eigenvalue weighted by atomic mass is 32.3. The number of fused-ring (bicyclic) bond motifs is 6. The Balaban J connectivity index is 0.958. The third-order valence-corrected chi connectivity index (χ3v) is 15.5. The van der Waals surface area contributed by atoms with Gasteiger partial charge in [0.2, 0.25) is 0 Å². The standard InChI is InChI=1S/C41H44N4O8S4/c1-26-10-14-28(15-11-26)22-44-38-32(8-3-6-30-20-36(54-40(30)38)56(46,47)48)34(42-44)24-52-18-5-19-53-25-35-33-9-4-7-31-21-37(57(49,50)51)55-41(31)39(33)45(43-35)23-29-16-12-27(2)13-17-29/h10-17,20-21H,3-9,18-19,22-25H2,1-2H3,(H,46,47,48)(H,49,50,51). The van der Waals surface area contributed by atoms with Gasteiger partial charge in [0, 0.05) is 24.3 Å². The fraction of sp³-hybridized carbons (Fsp3) is 0.366. The average molecular weight is 849 g/mol. The van der Waals surface area contributed by atoms with Crippen LogP contribution in [0.4, 0.5) is 0 Å². The lowest BCUT2D eigenvalue weighted by atomic mass is 10.1. The number of hydrogen-bond acceptors (Lipinski definition) is 10. The summed E-state index contributed by atoms with van der Waals surface area (Å²) in [6, 6.07) is 19.7. The van der Waals surface area contributed by atoms with Crippen LogP contribution in [0, 0.1) is 13.8 Å². The number of aromatic nitrogens is 4. The van der Waals surface area contributed by atoms with E-state index < -0.39 is 20.2 Å².